The molecule has 2 rings (SSSR count). The Labute approximate surface area is 113 Å². The maximum absolute atomic E-state index is 11.8. The lowest BCUT2D eigenvalue weighted by Gasteiger charge is -2.26. The highest BCUT2D eigenvalue weighted by Gasteiger charge is 2.26. The van der Waals surface area contributed by atoms with Crippen molar-refractivity contribution in [2.45, 2.75) is 44.6 Å². The molecule has 100 valence electrons. The second-order valence-electron chi connectivity index (χ2n) is 5.58. The molecule has 0 aromatic carbocycles. The minimum atomic E-state index is -0.0215. The molecule has 1 amide bonds. The fourth-order valence-electron chi connectivity index (χ4n) is 2.26. The van der Waals surface area contributed by atoms with E-state index in [4.69, 9.17) is 0 Å². The van der Waals surface area contributed by atoms with Gasteiger partial charge in [-0.05, 0) is 30.7 Å². The molecule has 1 fully saturated rings. The molecule has 1 atom stereocenters. The molecule has 0 aliphatic carbocycles. The van der Waals surface area contributed by atoms with E-state index in [0.29, 0.717) is 0 Å². The van der Waals surface area contributed by atoms with Crippen molar-refractivity contribution in [2.75, 3.05) is 13.1 Å². The average molecular weight is 266 g/mol. The predicted octanol–water partition coefficient (Wildman–Crippen LogP) is 2.28. The van der Waals surface area contributed by atoms with Crippen LogP contribution >= 0.6 is 11.3 Å². The van der Waals surface area contributed by atoms with Crippen LogP contribution in [0.15, 0.2) is 17.5 Å². The predicted molar refractivity (Wildman–Crippen MR) is 76.0 cm³/mol. The summed E-state index contributed by atoms with van der Waals surface area (Å²) in [6, 6.07) is 4.23. The van der Waals surface area contributed by atoms with Crippen LogP contribution in [-0.4, -0.2) is 25.0 Å². The van der Waals surface area contributed by atoms with Gasteiger partial charge in [-0.15, -0.1) is 11.3 Å². The third-order valence-electron chi connectivity index (χ3n) is 3.51. The van der Waals surface area contributed by atoms with E-state index in [2.05, 4.69) is 42.0 Å². The lowest BCUT2D eigenvalue weighted by atomic mass is 9.91. The second kappa shape index (κ2) is 5.85. The first kappa shape index (κ1) is 13.6. The van der Waals surface area contributed by atoms with E-state index in [0.717, 1.165) is 32.4 Å². The quantitative estimate of drug-likeness (QED) is 0.878. The summed E-state index contributed by atoms with van der Waals surface area (Å²) in [6.45, 7) is 6.11. The molecule has 1 aromatic heterocycles. The second-order valence-corrected chi connectivity index (χ2v) is 6.53. The summed E-state index contributed by atoms with van der Waals surface area (Å²) in [7, 11) is 0. The molecule has 1 saturated heterocycles. The standard InChI is InChI=1S/C14H22N2OS/c1-14(2,12-7-5-9-18-12)10-16-11-6-3-4-8-15-13(11)17/h5,7,9,11,16H,3-4,6,8,10H2,1-2H3,(H,15,17). The summed E-state index contributed by atoms with van der Waals surface area (Å²) in [6.07, 6.45) is 3.17. The van der Waals surface area contributed by atoms with Crippen LogP contribution in [0.3, 0.4) is 0 Å². The van der Waals surface area contributed by atoms with Gasteiger partial charge in [-0.2, -0.15) is 0 Å². The zero-order valence-corrected chi connectivity index (χ0v) is 12.0. The molecular formula is C14H22N2OS. The van der Waals surface area contributed by atoms with E-state index >= 15 is 0 Å². The van der Waals surface area contributed by atoms with Crippen molar-refractivity contribution in [1.29, 1.82) is 0 Å². The molecule has 4 heteroatoms. The Bertz CT molecular complexity index is 387. The summed E-state index contributed by atoms with van der Waals surface area (Å²) in [4.78, 5) is 13.2. The Morgan fingerprint density at radius 1 is 1.50 bits per heavy atom. The largest absolute Gasteiger partial charge is 0.355 e. The van der Waals surface area contributed by atoms with Crippen molar-refractivity contribution in [1.82, 2.24) is 10.6 Å². The van der Waals surface area contributed by atoms with Crippen LogP contribution < -0.4 is 10.6 Å². The van der Waals surface area contributed by atoms with Crippen LogP contribution in [0.1, 0.15) is 38.0 Å². The Balaban J connectivity index is 1.92. The number of nitrogens with one attached hydrogen (secondary N) is 2. The van der Waals surface area contributed by atoms with Crippen molar-refractivity contribution < 1.29 is 4.79 Å². The molecule has 0 spiro atoms. The molecule has 0 radical (unpaired) electrons. The molecule has 1 aliphatic rings. The van der Waals surface area contributed by atoms with Gasteiger partial charge >= 0.3 is 0 Å². The fourth-order valence-corrected chi connectivity index (χ4v) is 3.12. The van der Waals surface area contributed by atoms with Crippen molar-refractivity contribution in [3.63, 3.8) is 0 Å². The summed E-state index contributed by atoms with van der Waals surface area (Å²) in [5.41, 5.74) is 0.0841. The number of rotatable bonds is 4. The minimum absolute atomic E-state index is 0.0215. The van der Waals surface area contributed by atoms with Crippen molar-refractivity contribution >= 4 is 17.2 Å². The van der Waals surface area contributed by atoms with Crippen LogP contribution in [0.25, 0.3) is 0 Å². The van der Waals surface area contributed by atoms with E-state index in [9.17, 15) is 4.79 Å². The lowest BCUT2D eigenvalue weighted by molar-refractivity contribution is -0.122. The summed E-state index contributed by atoms with van der Waals surface area (Å²) in [5.74, 6) is 0.162. The van der Waals surface area contributed by atoms with E-state index in [1.54, 1.807) is 11.3 Å². The number of hydrogen-bond acceptors (Lipinski definition) is 3. The van der Waals surface area contributed by atoms with Crippen molar-refractivity contribution in [3.8, 4) is 0 Å². The molecule has 0 bridgehead atoms. The fraction of sp³-hybridized carbons (Fsp3) is 0.643. The zero-order valence-electron chi connectivity index (χ0n) is 11.2. The molecule has 1 aliphatic heterocycles. The van der Waals surface area contributed by atoms with Crippen LogP contribution in [-0.2, 0) is 10.2 Å². The normalized spacial score (nSPS) is 21.4. The average Bonchev–Trinajstić information content (AvgIpc) is 2.79. The van der Waals surface area contributed by atoms with Crippen molar-refractivity contribution in [3.05, 3.63) is 22.4 Å². The van der Waals surface area contributed by atoms with Gasteiger partial charge in [0.1, 0.15) is 0 Å². The van der Waals surface area contributed by atoms with Gasteiger partial charge in [0.15, 0.2) is 0 Å². The molecular weight excluding hydrogens is 244 g/mol. The summed E-state index contributed by atoms with van der Waals surface area (Å²) in [5, 5.41) is 8.51. The van der Waals surface area contributed by atoms with E-state index in [1.807, 2.05) is 0 Å². The number of amides is 1. The van der Waals surface area contributed by atoms with Gasteiger partial charge in [0.25, 0.3) is 0 Å². The number of thiophene rings is 1. The highest BCUT2D eigenvalue weighted by Crippen LogP contribution is 2.26. The topological polar surface area (TPSA) is 41.1 Å². The molecule has 18 heavy (non-hydrogen) atoms. The van der Waals surface area contributed by atoms with Crippen LogP contribution in [0, 0.1) is 0 Å². The summed E-state index contributed by atoms with van der Waals surface area (Å²) >= 11 is 1.78. The van der Waals surface area contributed by atoms with Gasteiger partial charge in [-0.1, -0.05) is 19.9 Å². The number of carbonyl (C=O) groups is 1. The first-order valence-corrected chi connectivity index (χ1v) is 7.53. The van der Waals surface area contributed by atoms with E-state index in [-0.39, 0.29) is 17.4 Å². The highest BCUT2D eigenvalue weighted by molar-refractivity contribution is 7.10. The van der Waals surface area contributed by atoms with Crippen LogP contribution in [0.2, 0.25) is 0 Å². The third-order valence-corrected chi connectivity index (χ3v) is 4.75. The Morgan fingerprint density at radius 2 is 2.33 bits per heavy atom. The molecule has 3 nitrogen and oxygen atoms in total. The maximum atomic E-state index is 11.8. The number of hydrogen-bond donors (Lipinski definition) is 2. The van der Waals surface area contributed by atoms with E-state index in [1.165, 1.54) is 4.88 Å². The molecule has 1 unspecified atom stereocenters. The van der Waals surface area contributed by atoms with Gasteiger partial charge < -0.3 is 10.6 Å². The zero-order chi connectivity index (χ0) is 13.0. The maximum Gasteiger partial charge on any atom is 0.237 e. The van der Waals surface area contributed by atoms with Crippen LogP contribution in [0.4, 0.5) is 0 Å². The molecule has 2 heterocycles. The molecule has 2 N–H and O–H groups in total. The first-order chi connectivity index (χ1) is 8.59. The smallest absolute Gasteiger partial charge is 0.237 e. The molecule has 1 aromatic rings. The minimum Gasteiger partial charge on any atom is -0.355 e. The van der Waals surface area contributed by atoms with Gasteiger partial charge in [-0.25, -0.2) is 0 Å². The number of carbonyl (C=O) groups excluding carboxylic acids is 1. The first-order valence-electron chi connectivity index (χ1n) is 6.65. The monoisotopic (exact) mass is 266 g/mol. The summed E-state index contributed by atoms with van der Waals surface area (Å²) < 4.78 is 0. The third kappa shape index (κ3) is 3.33. The van der Waals surface area contributed by atoms with Crippen molar-refractivity contribution in [2.24, 2.45) is 0 Å². The van der Waals surface area contributed by atoms with Gasteiger partial charge in [-0.3, -0.25) is 4.79 Å². The van der Waals surface area contributed by atoms with Gasteiger partial charge in [0.2, 0.25) is 5.91 Å². The van der Waals surface area contributed by atoms with E-state index < -0.39 is 0 Å². The van der Waals surface area contributed by atoms with Gasteiger partial charge in [0.05, 0.1) is 6.04 Å². The Kier molecular flexibility index (Phi) is 4.40. The highest BCUT2D eigenvalue weighted by atomic mass is 32.1. The lowest BCUT2D eigenvalue weighted by Crippen LogP contribution is -2.46. The van der Waals surface area contributed by atoms with Crippen LogP contribution in [0.5, 0.6) is 0 Å². The Morgan fingerprint density at radius 3 is 3.06 bits per heavy atom. The SMILES string of the molecule is CC(C)(CNC1CCCCNC1=O)c1cccs1. The Hall–Kier alpha value is -0.870. The molecule has 0 saturated carbocycles. The van der Waals surface area contributed by atoms with Gasteiger partial charge in [0, 0.05) is 23.4 Å².